The molecule has 1 unspecified atom stereocenters. The van der Waals surface area contributed by atoms with E-state index in [0.717, 1.165) is 21.9 Å². The fourth-order valence-corrected chi connectivity index (χ4v) is 3.36. The van der Waals surface area contributed by atoms with Gasteiger partial charge in [0, 0.05) is 14.5 Å². The van der Waals surface area contributed by atoms with E-state index in [0.29, 0.717) is 11.5 Å². The number of hydrogen-bond acceptors (Lipinski definition) is 1. The highest BCUT2D eigenvalue weighted by Crippen LogP contribution is 2.33. The van der Waals surface area contributed by atoms with Crippen LogP contribution in [0, 0.1) is 5.92 Å². The molecule has 2 rings (SSSR count). The highest BCUT2D eigenvalue weighted by molar-refractivity contribution is 9.13. The summed E-state index contributed by atoms with van der Waals surface area (Å²) in [5.74, 6) is 0.674. The lowest BCUT2D eigenvalue weighted by molar-refractivity contribution is 0.269. The molecule has 0 radical (unpaired) electrons. The summed E-state index contributed by atoms with van der Waals surface area (Å²) >= 11 is 7.10. The molecule has 1 aliphatic rings. The summed E-state index contributed by atoms with van der Waals surface area (Å²) in [6.45, 7) is 5.81. The predicted molar refractivity (Wildman–Crippen MR) is 80.4 cm³/mol. The topological polar surface area (TPSA) is 12.0 Å². The fraction of sp³-hybridized carbons (Fsp3) is 0.571. The van der Waals surface area contributed by atoms with Gasteiger partial charge in [-0.15, -0.1) is 0 Å². The standard InChI is InChI=1S/C14H19Br2N/c1-10(2)14(6-3-7-17-14)9-11-4-5-12(15)13(16)8-11/h4-5,8,10,17H,3,6-7,9H2,1-2H3. The van der Waals surface area contributed by atoms with E-state index in [2.05, 4.69) is 69.2 Å². The van der Waals surface area contributed by atoms with Crippen molar-refractivity contribution < 1.29 is 0 Å². The Bertz CT molecular complexity index is 395. The van der Waals surface area contributed by atoms with E-state index in [1.54, 1.807) is 0 Å². The molecule has 0 amide bonds. The normalized spacial score (nSPS) is 24.5. The third kappa shape index (κ3) is 2.94. The van der Waals surface area contributed by atoms with Crippen LogP contribution in [0.2, 0.25) is 0 Å². The monoisotopic (exact) mass is 359 g/mol. The molecule has 0 spiro atoms. The maximum Gasteiger partial charge on any atom is 0.0320 e. The zero-order valence-corrected chi connectivity index (χ0v) is 13.6. The summed E-state index contributed by atoms with van der Waals surface area (Å²) in [5.41, 5.74) is 1.70. The van der Waals surface area contributed by atoms with Gasteiger partial charge >= 0.3 is 0 Å². The van der Waals surface area contributed by atoms with Gasteiger partial charge in [-0.3, -0.25) is 0 Å². The number of nitrogens with one attached hydrogen (secondary N) is 1. The Hall–Kier alpha value is 0.140. The van der Waals surface area contributed by atoms with Gasteiger partial charge in [0.15, 0.2) is 0 Å². The second-order valence-electron chi connectivity index (χ2n) is 5.27. The van der Waals surface area contributed by atoms with Gasteiger partial charge in [-0.2, -0.15) is 0 Å². The van der Waals surface area contributed by atoms with Crippen LogP contribution >= 0.6 is 31.9 Å². The lowest BCUT2D eigenvalue weighted by atomic mass is 9.80. The van der Waals surface area contributed by atoms with Crippen molar-refractivity contribution in [2.24, 2.45) is 5.92 Å². The summed E-state index contributed by atoms with van der Waals surface area (Å²) in [7, 11) is 0. The van der Waals surface area contributed by atoms with Crippen molar-refractivity contribution in [3.63, 3.8) is 0 Å². The molecule has 0 aliphatic carbocycles. The molecule has 1 aliphatic heterocycles. The van der Waals surface area contributed by atoms with Gasteiger partial charge < -0.3 is 5.32 Å². The fourth-order valence-electron chi connectivity index (χ4n) is 2.69. The summed E-state index contributed by atoms with van der Waals surface area (Å²) in [5, 5.41) is 3.73. The number of rotatable bonds is 3. The van der Waals surface area contributed by atoms with Crippen molar-refractivity contribution in [3.8, 4) is 0 Å². The molecule has 3 heteroatoms. The Labute approximate surface area is 121 Å². The van der Waals surface area contributed by atoms with Crippen molar-refractivity contribution in [1.82, 2.24) is 5.32 Å². The minimum absolute atomic E-state index is 0.299. The quantitative estimate of drug-likeness (QED) is 0.834. The van der Waals surface area contributed by atoms with E-state index in [1.165, 1.54) is 18.4 Å². The number of hydrogen-bond donors (Lipinski definition) is 1. The summed E-state index contributed by atoms with van der Waals surface area (Å²) in [6.07, 6.45) is 3.71. The van der Waals surface area contributed by atoms with Crippen LogP contribution in [0.5, 0.6) is 0 Å². The predicted octanol–water partition coefficient (Wildman–Crippen LogP) is 4.53. The Morgan fingerprint density at radius 2 is 2.06 bits per heavy atom. The zero-order valence-electron chi connectivity index (χ0n) is 10.4. The van der Waals surface area contributed by atoms with Crippen molar-refractivity contribution in [2.75, 3.05) is 6.54 Å². The Kier molecular flexibility index (Phi) is 4.32. The first-order valence-corrected chi connectivity index (χ1v) is 7.81. The first-order chi connectivity index (χ1) is 8.03. The molecular weight excluding hydrogens is 342 g/mol. The molecular formula is C14H19Br2N. The van der Waals surface area contributed by atoms with Crippen LogP contribution in [-0.2, 0) is 6.42 Å². The van der Waals surface area contributed by atoms with Crippen LogP contribution in [0.4, 0.5) is 0 Å². The third-order valence-corrected chi connectivity index (χ3v) is 5.77. The van der Waals surface area contributed by atoms with E-state index < -0.39 is 0 Å². The number of benzene rings is 1. The summed E-state index contributed by atoms with van der Waals surface area (Å²) in [6, 6.07) is 6.58. The van der Waals surface area contributed by atoms with Gasteiger partial charge in [0.05, 0.1) is 0 Å². The van der Waals surface area contributed by atoms with Crippen LogP contribution < -0.4 is 5.32 Å². The first kappa shape index (κ1) is 13.6. The average molecular weight is 361 g/mol. The Morgan fingerprint density at radius 3 is 2.59 bits per heavy atom. The van der Waals surface area contributed by atoms with Crippen molar-refractivity contribution >= 4 is 31.9 Å². The van der Waals surface area contributed by atoms with Crippen LogP contribution in [0.25, 0.3) is 0 Å². The van der Waals surface area contributed by atoms with E-state index in [1.807, 2.05) is 0 Å². The molecule has 0 saturated carbocycles. The second kappa shape index (κ2) is 5.41. The zero-order chi connectivity index (χ0) is 12.5. The summed E-state index contributed by atoms with van der Waals surface area (Å²) < 4.78 is 2.27. The van der Waals surface area contributed by atoms with E-state index in [9.17, 15) is 0 Å². The van der Waals surface area contributed by atoms with Crippen LogP contribution in [0.3, 0.4) is 0 Å². The van der Waals surface area contributed by atoms with Crippen molar-refractivity contribution in [2.45, 2.75) is 38.6 Å². The van der Waals surface area contributed by atoms with Crippen molar-refractivity contribution in [1.29, 1.82) is 0 Å². The largest absolute Gasteiger partial charge is 0.311 e. The lowest BCUT2D eigenvalue weighted by Crippen LogP contribution is -2.46. The molecule has 0 bridgehead atoms. The van der Waals surface area contributed by atoms with Gasteiger partial charge in [0.2, 0.25) is 0 Å². The Balaban J connectivity index is 2.20. The lowest BCUT2D eigenvalue weighted by Gasteiger charge is -2.34. The minimum Gasteiger partial charge on any atom is -0.311 e. The van der Waals surface area contributed by atoms with Crippen LogP contribution in [-0.4, -0.2) is 12.1 Å². The molecule has 1 N–H and O–H groups in total. The van der Waals surface area contributed by atoms with E-state index in [4.69, 9.17) is 0 Å². The SMILES string of the molecule is CC(C)C1(Cc2ccc(Br)c(Br)c2)CCCN1. The maximum atomic E-state index is 3.73. The van der Waals surface area contributed by atoms with Crippen molar-refractivity contribution in [3.05, 3.63) is 32.7 Å². The highest BCUT2D eigenvalue weighted by Gasteiger charge is 2.36. The molecule has 94 valence electrons. The number of halogens is 2. The van der Waals surface area contributed by atoms with Gasteiger partial charge in [-0.05, 0) is 81.3 Å². The van der Waals surface area contributed by atoms with E-state index in [-0.39, 0.29) is 0 Å². The molecule has 1 fully saturated rings. The molecule has 1 saturated heterocycles. The molecule has 17 heavy (non-hydrogen) atoms. The molecule has 1 nitrogen and oxygen atoms in total. The molecule has 1 atom stereocenters. The second-order valence-corrected chi connectivity index (χ2v) is 6.98. The molecule has 1 aromatic rings. The van der Waals surface area contributed by atoms with Crippen LogP contribution in [0.1, 0.15) is 32.3 Å². The van der Waals surface area contributed by atoms with E-state index >= 15 is 0 Å². The van der Waals surface area contributed by atoms with Gasteiger partial charge in [0.1, 0.15) is 0 Å². The summed E-state index contributed by atoms with van der Waals surface area (Å²) in [4.78, 5) is 0. The maximum absolute atomic E-state index is 3.73. The van der Waals surface area contributed by atoms with Gasteiger partial charge in [-0.25, -0.2) is 0 Å². The minimum atomic E-state index is 0.299. The van der Waals surface area contributed by atoms with Gasteiger partial charge in [0.25, 0.3) is 0 Å². The molecule has 0 aromatic heterocycles. The Morgan fingerprint density at radius 1 is 1.29 bits per heavy atom. The van der Waals surface area contributed by atoms with Crippen LogP contribution in [0.15, 0.2) is 27.1 Å². The third-order valence-electron chi connectivity index (χ3n) is 3.89. The smallest absolute Gasteiger partial charge is 0.0320 e. The van der Waals surface area contributed by atoms with Gasteiger partial charge in [-0.1, -0.05) is 19.9 Å². The highest BCUT2D eigenvalue weighted by atomic mass is 79.9. The first-order valence-electron chi connectivity index (χ1n) is 6.22. The molecule has 1 aromatic carbocycles. The molecule has 1 heterocycles. The average Bonchev–Trinajstić information content (AvgIpc) is 2.73.